The molecule has 4 heteroatoms. The normalized spacial score (nSPS) is 12.2. The van der Waals surface area contributed by atoms with Gasteiger partial charge in [-0.3, -0.25) is 9.79 Å². The van der Waals surface area contributed by atoms with Gasteiger partial charge in [-0.05, 0) is 59.2 Å². The summed E-state index contributed by atoms with van der Waals surface area (Å²) in [6.07, 6.45) is 3.55. The molecular weight excluding hydrogens is 252 g/mol. The van der Waals surface area contributed by atoms with E-state index < -0.39 is 0 Å². The van der Waals surface area contributed by atoms with E-state index in [2.05, 4.69) is 37.7 Å². The van der Waals surface area contributed by atoms with Gasteiger partial charge in [0.05, 0.1) is 6.61 Å². The number of esters is 1. The minimum absolute atomic E-state index is 0.0881. The van der Waals surface area contributed by atoms with E-state index in [1.807, 2.05) is 6.92 Å². The third-order valence-corrected chi connectivity index (χ3v) is 3.01. The van der Waals surface area contributed by atoms with Crippen LogP contribution < -0.4 is 0 Å². The summed E-state index contributed by atoms with van der Waals surface area (Å²) in [4.78, 5) is 18.0. The maximum absolute atomic E-state index is 11.2. The fraction of sp³-hybridized carbons (Fsp3) is 0.875. The first-order chi connectivity index (χ1) is 9.45. The van der Waals surface area contributed by atoms with Crippen molar-refractivity contribution in [2.24, 2.45) is 10.9 Å². The molecule has 0 aromatic rings. The van der Waals surface area contributed by atoms with Crippen LogP contribution in [0.1, 0.15) is 53.4 Å². The predicted octanol–water partition coefficient (Wildman–Crippen LogP) is 3.16. The average Bonchev–Trinajstić information content (AvgIpc) is 2.34. The second-order valence-electron chi connectivity index (χ2n) is 5.78. The number of carbonyl (C=O) groups excluding carboxylic acids is 1. The SMILES string of the molecule is CCOC(=O)CCCN(C)CCC/N=C(\C)CC(C)C. The largest absolute Gasteiger partial charge is 0.466 e. The summed E-state index contributed by atoms with van der Waals surface area (Å²) < 4.78 is 4.90. The van der Waals surface area contributed by atoms with Crippen molar-refractivity contribution in [1.82, 2.24) is 4.90 Å². The molecule has 0 saturated carbocycles. The van der Waals surface area contributed by atoms with Crippen LogP contribution in [0.15, 0.2) is 4.99 Å². The zero-order valence-electron chi connectivity index (χ0n) is 13.9. The zero-order valence-corrected chi connectivity index (χ0v) is 13.9. The zero-order chi connectivity index (χ0) is 15.4. The Morgan fingerprint density at radius 3 is 2.50 bits per heavy atom. The number of rotatable bonds is 11. The van der Waals surface area contributed by atoms with Gasteiger partial charge < -0.3 is 9.64 Å². The Kier molecular flexibility index (Phi) is 11.4. The molecular formula is C16H32N2O2. The van der Waals surface area contributed by atoms with Gasteiger partial charge in [-0.2, -0.15) is 0 Å². The highest BCUT2D eigenvalue weighted by Crippen LogP contribution is 2.02. The molecule has 0 radical (unpaired) electrons. The molecule has 118 valence electrons. The second-order valence-corrected chi connectivity index (χ2v) is 5.78. The van der Waals surface area contributed by atoms with Crippen molar-refractivity contribution in [3.63, 3.8) is 0 Å². The Morgan fingerprint density at radius 2 is 1.90 bits per heavy atom. The van der Waals surface area contributed by atoms with E-state index >= 15 is 0 Å². The number of hydrogen-bond acceptors (Lipinski definition) is 4. The van der Waals surface area contributed by atoms with Crippen molar-refractivity contribution in [2.75, 3.05) is 33.3 Å². The van der Waals surface area contributed by atoms with Crippen LogP contribution >= 0.6 is 0 Å². The molecule has 0 N–H and O–H groups in total. The molecule has 20 heavy (non-hydrogen) atoms. The highest BCUT2D eigenvalue weighted by Gasteiger charge is 2.03. The Labute approximate surface area is 124 Å². The number of hydrogen-bond donors (Lipinski definition) is 0. The summed E-state index contributed by atoms with van der Waals surface area (Å²) in [7, 11) is 2.09. The molecule has 0 aliphatic carbocycles. The predicted molar refractivity (Wildman–Crippen MR) is 85.4 cm³/mol. The van der Waals surface area contributed by atoms with Crippen molar-refractivity contribution in [1.29, 1.82) is 0 Å². The van der Waals surface area contributed by atoms with Crippen LogP contribution in [0.3, 0.4) is 0 Å². The van der Waals surface area contributed by atoms with E-state index in [4.69, 9.17) is 4.74 Å². The molecule has 0 amide bonds. The van der Waals surface area contributed by atoms with Gasteiger partial charge in [0.1, 0.15) is 0 Å². The molecule has 0 aromatic carbocycles. The monoisotopic (exact) mass is 284 g/mol. The Balaban J connectivity index is 3.58. The molecule has 0 rings (SSSR count). The highest BCUT2D eigenvalue weighted by molar-refractivity contribution is 5.82. The third kappa shape index (κ3) is 12.2. The minimum atomic E-state index is -0.0881. The summed E-state index contributed by atoms with van der Waals surface area (Å²) in [5.74, 6) is 0.596. The van der Waals surface area contributed by atoms with Crippen LogP contribution in [-0.4, -0.2) is 49.9 Å². The van der Waals surface area contributed by atoms with Crippen molar-refractivity contribution < 1.29 is 9.53 Å². The van der Waals surface area contributed by atoms with E-state index in [0.29, 0.717) is 18.9 Å². The highest BCUT2D eigenvalue weighted by atomic mass is 16.5. The molecule has 0 unspecified atom stereocenters. The van der Waals surface area contributed by atoms with Gasteiger partial charge in [-0.1, -0.05) is 13.8 Å². The van der Waals surface area contributed by atoms with Crippen molar-refractivity contribution in [3.05, 3.63) is 0 Å². The molecule has 0 atom stereocenters. The topological polar surface area (TPSA) is 41.9 Å². The molecule has 0 heterocycles. The Morgan fingerprint density at radius 1 is 1.25 bits per heavy atom. The van der Waals surface area contributed by atoms with Crippen LogP contribution in [0, 0.1) is 5.92 Å². The van der Waals surface area contributed by atoms with E-state index in [0.717, 1.165) is 38.9 Å². The van der Waals surface area contributed by atoms with Gasteiger partial charge in [0.25, 0.3) is 0 Å². The quantitative estimate of drug-likeness (QED) is 0.332. The second kappa shape index (κ2) is 11.9. The maximum atomic E-state index is 11.2. The number of carbonyl (C=O) groups is 1. The van der Waals surface area contributed by atoms with Crippen LogP contribution in [0.2, 0.25) is 0 Å². The van der Waals surface area contributed by atoms with Gasteiger partial charge in [0, 0.05) is 18.7 Å². The van der Waals surface area contributed by atoms with Crippen molar-refractivity contribution >= 4 is 11.7 Å². The number of ether oxygens (including phenoxy) is 1. The van der Waals surface area contributed by atoms with Crippen LogP contribution in [0.4, 0.5) is 0 Å². The van der Waals surface area contributed by atoms with E-state index in [-0.39, 0.29) is 5.97 Å². The van der Waals surface area contributed by atoms with Gasteiger partial charge in [0.15, 0.2) is 0 Å². The average molecular weight is 284 g/mol. The summed E-state index contributed by atoms with van der Waals surface area (Å²) in [6.45, 7) is 11.7. The molecule has 0 aliphatic heterocycles. The lowest BCUT2D eigenvalue weighted by atomic mass is 10.1. The summed E-state index contributed by atoms with van der Waals surface area (Å²) in [5.41, 5.74) is 1.25. The first kappa shape index (κ1) is 19.1. The Bertz CT molecular complexity index is 288. The van der Waals surface area contributed by atoms with E-state index in [1.54, 1.807) is 0 Å². The molecule has 0 aliphatic rings. The lowest BCUT2D eigenvalue weighted by Gasteiger charge is -2.15. The van der Waals surface area contributed by atoms with E-state index in [1.165, 1.54) is 5.71 Å². The number of nitrogens with zero attached hydrogens (tertiary/aromatic N) is 2. The fourth-order valence-electron chi connectivity index (χ4n) is 2.10. The van der Waals surface area contributed by atoms with Gasteiger partial charge >= 0.3 is 5.97 Å². The number of aliphatic imine (C=N–C) groups is 1. The fourth-order valence-corrected chi connectivity index (χ4v) is 2.10. The maximum Gasteiger partial charge on any atom is 0.305 e. The molecule has 0 aromatic heterocycles. The lowest BCUT2D eigenvalue weighted by Crippen LogP contribution is -2.22. The van der Waals surface area contributed by atoms with Crippen LogP contribution in [0.25, 0.3) is 0 Å². The van der Waals surface area contributed by atoms with Crippen molar-refractivity contribution in [3.8, 4) is 0 Å². The first-order valence-corrected chi connectivity index (χ1v) is 7.79. The van der Waals surface area contributed by atoms with E-state index in [9.17, 15) is 4.79 Å². The van der Waals surface area contributed by atoms with Gasteiger partial charge in [-0.15, -0.1) is 0 Å². The van der Waals surface area contributed by atoms with Crippen molar-refractivity contribution in [2.45, 2.75) is 53.4 Å². The van der Waals surface area contributed by atoms with Gasteiger partial charge in [0.2, 0.25) is 0 Å². The molecule has 0 bridgehead atoms. The smallest absolute Gasteiger partial charge is 0.305 e. The first-order valence-electron chi connectivity index (χ1n) is 7.79. The molecule has 4 nitrogen and oxygen atoms in total. The van der Waals surface area contributed by atoms with Gasteiger partial charge in [-0.25, -0.2) is 0 Å². The van der Waals surface area contributed by atoms with Crippen LogP contribution in [0.5, 0.6) is 0 Å². The minimum Gasteiger partial charge on any atom is -0.466 e. The third-order valence-electron chi connectivity index (χ3n) is 3.01. The standard InChI is InChI=1S/C16H32N2O2/c1-6-20-16(19)9-7-11-18(5)12-8-10-17-15(4)13-14(2)3/h14H,6-13H2,1-5H3/b17-15+. The Hall–Kier alpha value is -0.900. The molecule has 0 saturated heterocycles. The molecule has 0 fully saturated rings. The summed E-state index contributed by atoms with van der Waals surface area (Å²) in [5, 5.41) is 0. The summed E-state index contributed by atoms with van der Waals surface area (Å²) in [6, 6.07) is 0. The van der Waals surface area contributed by atoms with Crippen LogP contribution in [-0.2, 0) is 9.53 Å². The summed E-state index contributed by atoms with van der Waals surface area (Å²) >= 11 is 0. The molecule has 0 spiro atoms. The lowest BCUT2D eigenvalue weighted by molar-refractivity contribution is -0.143.